The van der Waals surface area contributed by atoms with Crippen LogP contribution in [-0.2, 0) is 17.3 Å². The molecule has 2 fully saturated rings. The summed E-state index contributed by atoms with van der Waals surface area (Å²) in [6.07, 6.45) is 1.90. The number of carbonyl (C=O) groups is 3. The fraction of sp³-hybridized carbons (Fsp3) is 0.444. The fourth-order valence-corrected chi connectivity index (χ4v) is 5.45. The SMILES string of the molecule is Cc1cc(NC(=O)c2c(C)c(C(=O)C(=O)CC3(c4cn(C5CC5)nn4)CC(F)(F)C3)c(C)n2C)ccc1F. The second-order valence-corrected chi connectivity index (χ2v) is 10.6. The second-order valence-electron chi connectivity index (χ2n) is 10.6. The van der Waals surface area contributed by atoms with Crippen LogP contribution >= 0.6 is 0 Å². The topological polar surface area (TPSA) is 98.9 Å². The lowest BCUT2D eigenvalue weighted by molar-refractivity contribution is -0.139. The predicted molar refractivity (Wildman–Crippen MR) is 132 cm³/mol. The zero-order valence-corrected chi connectivity index (χ0v) is 21.6. The van der Waals surface area contributed by atoms with Gasteiger partial charge in [-0.1, -0.05) is 5.21 Å². The number of aryl methyl sites for hydroxylation is 1. The molecule has 38 heavy (non-hydrogen) atoms. The molecular formula is C27H28F3N5O3. The number of aromatic nitrogens is 4. The number of anilines is 1. The number of carbonyl (C=O) groups excluding carboxylic acids is 3. The van der Waals surface area contributed by atoms with Gasteiger partial charge in [0.1, 0.15) is 11.5 Å². The molecule has 0 atom stereocenters. The van der Waals surface area contributed by atoms with Gasteiger partial charge in [-0.25, -0.2) is 17.9 Å². The number of alkyl halides is 2. The molecule has 0 saturated heterocycles. The number of amides is 1. The normalized spacial score (nSPS) is 17.7. The van der Waals surface area contributed by atoms with Crippen molar-refractivity contribution in [3.05, 3.63) is 64.0 Å². The highest BCUT2D eigenvalue weighted by Gasteiger charge is 2.60. The van der Waals surface area contributed by atoms with Gasteiger partial charge in [0, 0.05) is 49.3 Å². The van der Waals surface area contributed by atoms with Crippen LogP contribution in [0.2, 0.25) is 0 Å². The fourth-order valence-electron chi connectivity index (χ4n) is 5.45. The first kappa shape index (κ1) is 25.9. The maximum Gasteiger partial charge on any atom is 0.272 e. The van der Waals surface area contributed by atoms with E-state index < -0.39 is 53.9 Å². The van der Waals surface area contributed by atoms with Crippen LogP contribution in [0.4, 0.5) is 18.9 Å². The summed E-state index contributed by atoms with van der Waals surface area (Å²) in [6, 6.07) is 4.35. The van der Waals surface area contributed by atoms with Crippen molar-refractivity contribution in [2.24, 2.45) is 7.05 Å². The summed E-state index contributed by atoms with van der Waals surface area (Å²) in [7, 11) is 1.60. The van der Waals surface area contributed by atoms with Crippen LogP contribution in [0.5, 0.6) is 0 Å². The second kappa shape index (κ2) is 8.92. The van der Waals surface area contributed by atoms with Crippen LogP contribution in [0.15, 0.2) is 24.4 Å². The van der Waals surface area contributed by atoms with E-state index in [0.717, 1.165) is 12.8 Å². The number of hydrogen-bond donors (Lipinski definition) is 1. The van der Waals surface area contributed by atoms with E-state index in [1.54, 1.807) is 38.7 Å². The molecule has 0 radical (unpaired) electrons. The Morgan fingerprint density at radius 2 is 1.82 bits per heavy atom. The van der Waals surface area contributed by atoms with Gasteiger partial charge in [-0.05, 0) is 62.9 Å². The first-order chi connectivity index (χ1) is 17.8. The summed E-state index contributed by atoms with van der Waals surface area (Å²) >= 11 is 0. The monoisotopic (exact) mass is 527 g/mol. The molecule has 5 rings (SSSR count). The Bertz CT molecular complexity index is 1480. The zero-order valence-electron chi connectivity index (χ0n) is 21.6. The Hall–Kier alpha value is -3.76. The van der Waals surface area contributed by atoms with Gasteiger partial charge in [0.05, 0.1) is 17.3 Å². The van der Waals surface area contributed by atoms with E-state index in [1.807, 2.05) is 0 Å². The van der Waals surface area contributed by atoms with Crippen LogP contribution in [0.1, 0.15) is 81.5 Å². The van der Waals surface area contributed by atoms with Crippen molar-refractivity contribution in [1.29, 1.82) is 0 Å². The van der Waals surface area contributed by atoms with E-state index in [4.69, 9.17) is 0 Å². The van der Waals surface area contributed by atoms with Crippen LogP contribution in [0.25, 0.3) is 0 Å². The molecule has 2 aliphatic rings. The Morgan fingerprint density at radius 1 is 1.13 bits per heavy atom. The van der Waals surface area contributed by atoms with Crippen molar-refractivity contribution in [2.75, 3.05) is 5.32 Å². The van der Waals surface area contributed by atoms with Crippen LogP contribution < -0.4 is 5.32 Å². The highest BCUT2D eigenvalue weighted by Crippen LogP contribution is 2.55. The van der Waals surface area contributed by atoms with Gasteiger partial charge in [0.25, 0.3) is 5.91 Å². The maximum absolute atomic E-state index is 14.1. The first-order valence-corrected chi connectivity index (χ1v) is 12.4. The minimum atomic E-state index is -2.95. The lowest BCUT2D eigenvalue weighted by Crippen LogP contribution is -2.51. The summed E-state index contributed by atoms with van der Waals surface area (Å²) in [5.74, 6) is -5.54. The molecule has 2 saturated carbocycles. The average molecular weight is 528 g/mol. The minimum absolute atomic E-state index is 0.0702. The molecule has 1 aromatic carbocycles. The largest absolute Gasteiger partial charge is 0.343 e. The molecule has 8 nitrogen and oxygen atoms in total. The molecule has 0 aliphatic heterocycles. The first-order valence-electron chi connectivity index (χ1n) is 12.4. The summed E-state index contributed by atoms with van der Waals surface area (Å²) < 4.78 is 44.9. The number of nitrogens with one attached hydrogen (secondary N) is 1. The Kier molecular flexibility index (Phi) is 6.07. The van der Waals surface area contributed by atoms with Gasteiger partial charge in [-0.3, -0.25) is 14.4 Å². The molecule has 0 bridgehead atoms. The van der Waals surface area contributed by atoms with Gasteiger partial charge in [-0.2, -0.15) is 0 Å². The summed E-state index contributed by atoms with van der Waals surface area (Å²) in [4.78, 5) is 39.7. The number of Topliss-reactive ketones (excluding diaryl/α,β-unsaturated/α-hetero) is 2. The lowest BCUT2D eigenvalue weighted by Gasteiger charge is -2.45. The highest BCUT2D eigenvalue weighted by molar-refractivity contribution is 6.44. The van der Waals surface area contributed by atoms with Crippen LogP contribution in [0, 0.1) is 26.6 Å². The third-order valence-corrected chi connectivity index (χ3v) is 7.71. The summed E-state index contributed by atoms with van der Waals surface area (Å²) in [5.41, 5.74) is 0.702. The standard InChI is InChI=1S/C27H28F3N5O3/c1-14-9-17(5-8-19(14)28)31-25(38)23-15(2)22(16(3)34(23)4)24(37)20(36)10-26(12-27(29,30)13-26)21-11-35(33-32-21)18-6-7-18/h5,8-9,11,18H,6-7,10,12-13H2,1-4H3,(H,31,38). The van der Waals surface area contributed by atoms with Crippen molar-refractivity contribution in [3.8, 4) is 0 Å². The van der Waals surface area contributed by atoms with Gasteiger partial charge in [-0.15, -0.1) is 5.10 Å². The number of ketones is 2. The molecule has 2 heterocycles. The van der Waals surface area contributed by atoms with Gasteiger partial charge >= 0.3 is 0 Å². The summed E-state index contributed by atoms with van der Waals surface area (Å²) in [6.45, 7) is 4.75. The number of benzene rings is 1. The van der Waals surface area contributed by atoms with Crippen molar-refractivity contribution >= 4 is 23.2 Å². The molecule has 2 aromatic heterocycles. The van der Waals surface area contributed by atoms with Crippen LogP contribution in [-0.4, -0.2) is 43.0 Å². The van der Waals surface area contributed by atoms with Gasteiger partial charge in [0.2, 0.25) is 17.5 Å². The molecule has 1 N–H and O–H groups in total. The molecule has 1 amide bonds. The number of rotatable bonds is 8. The smallest absolute Gasteiger partial charge is 0.272 e. The van der Waals surface area contributed by atoms with E-state index in [2.05, 4.69) is 15.6 Å². The summed E-state index contributed by atoms with van der Waals surface area (Å²) in [5, 5.41) is 10.8. The van der Waals surface area contributed by atoms with Crippen molar-refractivity contribution in [3.63, 3.8) is 0 Å². The number of halogens is 3. The lowest BCUT2D eigenvalue weighted by atomic mass is 9.61. The van der Waals surface area contributed by atoms with E-state index >= 15 is 0 Å². The molecule has 200 valence electrons. The van der Waals surface area contributed by atoms with Crippen LogP contribution in [0.3, 0.4) is 0 Å². The predicted octanol–water partition coefficient (Wildman–Crippen LogP) is 4.78. The molecule has 0 unspecified atom stereocenters. The van der Waals surface area contributed by atoms with E-state index in [0.29, 0.717) is 28.2 Å². The van der Waals surface area contributed by atoms with Crippen molar-refractivity contribution in [2.45, 2.75) is 70.3 Å². The molecule has 0 spiro atoms. The Morgan fingerprint density at radius 3 is 2.42 bits per heavy atom. The number of hydrogen-bond acceptors (Lipinski definition) is 5. The van der Waals surface area contributed by atoms with Gasteiger partial charge in [0.15, 0.2) is 0 Å². The highest BCUT2D eigenvalue weighted by atomic mass is 19.3. The molecular weight excluding hydrogens is 499 g/mol. The van der Waals surface area contributed by atoms with E-state index in [1.165, 1.54) is 22.8 Å². The van der Waals surface area contributed by atoms with Crippen molar-refractivity contribution in [1.82, 2.24) is 19.6 Å². The third kappa shape index (κ3) is 4.43. The third-order valence-electron chi connectivity index (χ3n) is 7.71. The quantitative estimate of drug-likeness (QED) is 0.336. The molecule has 3 aromatic rings. The van der Waals surface area contributed by atoms with Gasteiger partial charge < -0.3 is 9.88 Å². The zero-order chi connectivity index (χ0) is 27.6. The Balaban J connectivity index is 1.39. The van der Waals surface area contributed by atoms with E-state index in [-0.39, 0.29) is 17.3 Å². The molecule has 2 aliphatic carbocycles. The number of nitrogens with zero attached hydrogens (tertiary/aromatic N) is 4. The molecule has 11 heteroatoms. The van der Waals surface area contributed by atoms with Crippen molar-refractivity contribution < 1.29 is 27.6 Å². The Labute approximate surface area is 217 Å². The average Bonchev–Trinajstić information content (AvgIpc) is 3.50. The maximum atomic E-state index is 14.1. The van der Waals surface area contributed by atoms with E-state index in [9.17, 15) is 27.6 Å². The minimum Gasteiger partial charge on any atom is -0.343 e.